The molecule has 0 fully saturated rings. The van der Waals surface area contributed by atoms with E-state index < -0.39 is 0 Å². The topological polar surface area (TPSA) is 0 Å². The Bertz CT molecular complexity index is 362. The van der Waals surface area contributed by atoms with E-state index >= 15 is 0 Å². The number of quaternary nitrogens is 1. The average molecular weight is 204 g/mol. The number of benzene rings is 1. The van der Waals surface area contributed by atoms with Gasteiger partial charge in [0.2, 0.25) is 0 Å². The number of rotatable bonds is 1. The van der Waals surface area contributed by atoms with Crippen LogP contribution in [0.1, 0.15) is 36.9 Å². The SMILES string of the molecule is C[C@@H]1[C@H]([N+](C)(C)C)c2ccccc2[C@@H]1C. The largest absolute Gasteiger partial charge is 0.324 e. The molecule has 0 aliphatic heterocycles. The van der Waals surface area contributed by atoms with E-state index in [2.05, 4.69) is 59.3 Å². The Morgan fingerprint density at radius 3 is 2.00 bits per heavy atom. The maximum atomic E-state index is 2.39. The molecule has 1 nitrogen and oxygen atoms in total. The van der Waals surface area contributed by atoms with Crippen LogP contribution in [0.3, 0.4) is 0 Å². The van der Waals surface area contributed by atoms with Gasteiger partial charge in [-0.1, -0.05) is 38.1 Å². The quantitative estimate of drug-likeness (QED) is 0.616. The van der Waals surface area contributed by atoms with E-state index in [1.807, 2.05) is 0 Å². The summed E-state index contributed by atoms with van der Waals surface area (Å²) in [6.07, 6.45) is 0. The van der Waals surface area contributed by atoms with Crippen LogP contribution in [0.5, 0.6) is 0 Å². The van der Waals surface area contributed by atoms with Crippen LogP contribution in [-0.4, -0.2) is 25.6 Å². The van der Waals surface area contributed by atoms with E-state index in [1.54, 1.807) is 11.1 Å². The Balaban J connectivity index is 2.52. The number of hydrogen-bond acceptors (Lipinski definition) is 0. The van der Waals surface area contributed by atoms with Gasteiger partial charge in [-0.25, -0.2) is 0 Å². The lowest BCUT2D eigenvalue weighted by molar-refractivity contribution is -0.905. The third-order valence-electron chi connectivity index (χ3n) is 3.93. The molecule has 15 heavy (non-hydrogen) atoms. The average Bonchev–Trinajstić information content (AvgIpc) is 2.39. The highest BCUT2D eigenvalue weighted by Crippen LogP contribution is 2.48. The summed E-state index contributed by atoms with van der Waals surface area (Å²) in [4.78, 5) is 0. The molecular formula is C14H22N+. The molecule has 0 amide bonds. The Morgan fingerprint density at radius 1 is 0.933 bits per heavy atom. The van der Waals surface area contributed by atoms with Gasteiger partial charge in [-0.05, 0) is 11.5 Å². The van der Waals surface area contributed by atoms with Gasteiger partial charge in [0, 0.05) is 11.5 Å². The third-order valence-corrected chi connectivity index (χ3v) is 3.93. The predicted octanol–water partition coefficient (Wildman–Crippen LogP) is 3.19. The van der Waals surface area contributed by atoms with E-state index in [9.17, 15) is 0 Å². The molecule has 0 radical (unpaired) electrons. The fourth-order valence-electron chi connectivity index (χ4n) is 3.16. The van der Waals surface area contributed by atoms with E-state index in [1.165, 1.54) is 0 Å². The Kier molecular flexibility index (Phi) is 2.38. The van der Waals surface area contributed by atoms with Gasteiger partial charge in [0.1, 0.15) is 6.04 Å². The highest BCUT2D eigenvalue weighted by Gasteiger charge is 2.42. The summed E-state index contributed by atoms with van der Waals surface area (Å²) in [5, 5.41) is 0. The van der Waals surface area contributed by atoms with Crippen molar-refractivity contribution in [2.45, 2.75) is 25.8 Å². The minimum Gasteiger partial charge on any atom is -0.324 e. The Morgan fingerprint density at radius 2 is 1.47 bits per heavy atom. The smallest absolute Gasteiger partial charge is 0.117 e. The molecule has 0 bridgehead atoms. The van der Waals surface area contributed by atoms with Crippen LogP contribution in [0.2, 0.25) is 0 Å². The Labute approximate surface area is 93.3 Å². The molecule has 0 unspecified atom stereocenters. The lowest BCUT2D eigenvalue weighted by Crippen LogP contribution is -2.40. The van der Waals surface area contributed by atoms with Crippen molar-refractivity contribution in [1.29, 1.82) is 0 Å². The van der Waals surface area contributed by atoms with Gasteiger partial charge in [0.05, 0.1) is 21.1 Å². The molecule has 1 aliphatic rings. The van der Waals surface area contributed by atoms with Gasteiger partial charge in [-0.2, -0.15) is 0 Å². The maximum Gasteiger partial charge on any atom is 0.117 e. The van der Waals surface area contributed by atoms with E-state index in [0.29, 0.717) is 12.0 Å². The summed E-state index contributed by atoms with van der Waals surface area (Å²) in [6.45, 7) is 4.75. The minimum atomic E-state index is 0.649. The number of fused-ring (bicyclic) bond motifs is 1. The summed E-state index contributed by atoms with van der Waals surface area (Å²) < 4.78 is 1.03. The number of nitrogens with zero attached hydrogens (tertiary/aromatic N) is 1. The van der Waals surface area contributed by atoms with Gasteiger partial charge < -0.3 is 4.48 Å². The zero-order chi connectivity index (χ0) is 11.2. The molecule has 1 aliphatic carbocycles. The van der Waals surface area contributed by atoms with E-state index in [-0.39, 0.29) is 0 Å². The van der Waals surface area contributed by atoms with Crippen molar-refractivity contribution in [2.75, 3.05) is 21.1 Å². The summed E-state index contributed by atoms with van der Waals surface area (Å²) in [6, 6.07) is 9.60. The highest BCUT2D eigenvalue weighted by atomic mass is 15.3. The summed E-state index contributed by atoms with van der Waals surface area (Å²) in [5.74, 6) is 1.44. The molecule has 0 saturated heterocycles. The first kappa shape index (κ1) is 10.7. The van der Waals surface area contributed by atoms with Crippen molar-refractivity contribution < 1.29 is 4.48 Å². The normalized spacial score (nSPS) is 30.3. The maximum absolute atomic E-state index is 2.39. The molecule has 0 N–H and O–H groups in total. The molecule has 0 aromatic heterocycles. The summed E-state index contributed by atoms with van der Waals surface area (Å²) >= 11 is 0. The van der Waals surface area contributed by atoms with Crippen LogP contribution >= 0.6 is 0 Å². The summed E-state index contributed by atoms with van der Waals surface area (Å²) in [5.41, 5.74) is 3.12. The van der Waals surface area contributed by atoms with Crippen molar-refractivity contribution >= 4 is 0 Å². The molecule has 3 atom stereocenters. The van der Waals surface area contributed by atoms with Gasteiger partial charge in [-0.3, -0.25) is 0 Å². The van der Waals surface area contributed by atoms with Crippen LogP contribution in [0.4, 0.5) is 0 Å². The number of hydrogen-bond donors (Lipinski definition) is 0. The first-order valence-electron chi connectivity index (χ1n) is 5.83. The first-order chi connectivity index (χ1) is 6.93. The van der Waals surface area contributed by atoms with Gasteiger partial charge in [0.25, 0.3) is 0 Å². The molecule has 82 valence electrons. The zero-order valence-electron chi connectivity index (χ0n) is 10.5. The fourth-order valence-corrected chi connectivity index (χ4v) is 3.16. The highest BCUT2D eigenvalue weighted by molar-refractivity contribution is 5.37. The lowest BCUT2D eigenvalue weighted by atomic mass is 9.93. The van der Waals surface area contributed by atoms with Crippen LogP contribution in [-0.2, 0) is 0 Å². The second kappa shape index (κ2) is 3.34. The lowest BCUT2D eigenvalue weighted by Gasteiger charge is -2.35. The summed E-state index contributed by atoms with van der Waals surface area (Å²) in [7, 11) is 6.90. The van der Waals surface area contributed by atoms with Crippen molar-refractivity contribution in [3.05, 3.63) is 35.4 Å². The fraction of sp³-hybridized carbons (Fsp3) is 0.571. The second-order valence-electron chi connectivity index (χ2n) is 5.84. The van der Waals surface area contributed by atoms with Crippen LogP contribution in [0, 0.1) is 5.92 Å². The standard InChI is InChI=1S/C14H22N/c1-10-11(2)14(15(3,4)5)13-9-7-6-8-12(10)13/h6-11,14H,1-5H3/q+1/t10-,11+,14+/m1/s1. The molecule has 1 heteroatoms. The molecule has 1 aromatic rings. The van der Waals surface area contributed by atoms with Crippen molar-refractivity contribution in [1.82, 2.24) is 0 Å². The zero-order valence-corrected chi connectivity index (χ0v) is 10.5. The van der Waals surface area contributed by atoms with Crippen LogP contribution in [0.25, 0.3) is 0 Å². The van der Waals surface area contributed by atoms with Gasteiger partial charge in [-0.15, -0.1) is 0 Å². The van der Waals surface area contributed by atoms with E-state index in [4.69, 9.17) is 0 Å². The van der Waals surface area contributed by atoms with Crippen molar-refractivity contribution in [3.63, 3.8) is 0 Å². The molecule has 0 spiro atoms. The molecule has 0 heterocycles. The second-order valence-corrected chi connectivity index (χ2v) is 5.84. The Hall–Kier alpha value is -0.820. The van der Waals surface area contributed by atoms with Gasteiger partial charge >= 0.3 is 0 Å². The van der Waals surface area contributed by atoms with Crippen molar-refractivity contribution in [3.8, 4) is 0 Å². The van der Waals surface area contributed by atoms with E-state index in [0.717, 1.165) is 10.4 Å². The molecule has 2 rings (SSSR count). The molecule has 0 saturated carbocycles. The van der Waals surface area contributed by atoms with Crippen LogP contribution < -0.4 is 0 Å². The third kappa shape index (κ3) is 1.59. The minimum absolute atomic E-state index is 0.649. The predicted molar refractivity (Wildman–Crippen MR) is 64.8 cm³/mol. The molecule has 1 aromatic carbocycles. The monoisotopic (exact) mass is 204 g/mol. The van der Waals surface area contributed by atoms with Crippen LogP contribution in [0.15, 0.2) is 24.3 Å². The van der Waals surface area contributed by atoms with Gasteiger partial charge in [0.15, 0.2) is 0 Å². The molecular weight excluding hydrogens is 182 g/mol. The van der Waals surface area contributed by atoms with Crippen molar-refractivity contribution in [2.24, 2.45) is 5.92 Å². The first-order valence-corrected chi connectivity index (χ1v) is 5.83.